The average molecular weight is 454 g/mol. The SMILES string of the molecule is Cc1cc(C(=O)CSc2nnc(C[C@@H]3CCS(=O)(=O)C3)o2)c(C)n1C[C@@H]1CCCO1. The number of aryl methyl sites for hydroxylation is 1. The van der Waals surface area contributed by atoms with Gasteiger partial charge in [0.1, 0.15) is 0 Å². The number of rotatable bonds is 8. The number of sulfone groups is 1. The van der Waals surface area contributed by atoms with E-state index in [0.717, 1.165) is 37.4 Å². The van der Waals surface area contributed by atoms with Crippen molar-refractivity contribution in [2.24, 2.45) is 5.92 Å². The first kappa shape index (κ1) is 21.6. The fourth-order valence-electron chi connectivity index (χ4n) is 4.22. The van der Waals surface area contributed by atoms with Crippen molar-refractivity contribution in [2.75, 3.05) is 23.9 Å². The first-order valence-electron chi connectivity index (χ1n) is 10.3. The molecular weight excluding hydrogens is 426 g/mol. The van der Waals surface area contributed by atoms with Gasteiger partial charge in [0, 0.05) is 36.5 Å². The highest BCUT2D eigenvalue weighted by molar-refractivity contribution is 7.99. The largest absolute Gasteiger partial charge is 0.416 e. The number of nitrogens with zero attached hydrogens (tertiary/aromatic N) is 3. The van der Waals surface area contributed by atoms with Gasteiger partial charge in [-0.25, -0.2) is 8.42 Å². The monoisotopic (exact) mass is 453 g/mol. The minimum atomic E-state index is -2.92. The van der Waals surface area contributed by atoms with Crippen LogP contribution in [0.1, 0.15) is 46.9 Å². The second-order valence-electron chi connectivity index (χ2n) is 8.18. The van der Waals surface area contributed by atoms with Gasteiger partial charge in [0.2, 0.25) is 5.89 Å². The van der Waals surface area contributed by atoms with Gasteiger partial charge in [-0.05, 0) is 45.1 Å². The molecule has 2 aliphatic rings. The zero-order valence-corrected chi connectivity index (χ0v) is 18.9. The number of ketones is 1. The maximum atomic E-state index is 12.8. The summed E-state index contributed by atoms with van der Waals surface area (Å²) in [4.78, 5) is 12.8. The van der Waals surface area contributed by atoms with Crippen molar-refractivity contribution >= 4 is 27.4 Å². The highest BCUT2D eigenvalue weighted by Gasteiger charge is 2.29. The Morgan fingerprint density at radius 1 is 1.30 bits per heavy atom. The second-order valence-corrected chi connectivity index (χ2v) is 11.3. The second kappa shape index (κ2) is 8.84. The van der Waals surface area contributed by atoms with Gasteiger partial charge in [0.05, 0.1) is 23.4 Å². The number of thioether (sulfide) groups is 1. The molecule has 0 spiro atoms. The molecule has 30 heavy (non-hydrogen) atoms. The fourth-order valence-corrected chi connectivity index (χ4v) is 6.75. The van der Waals surface area contributed by atoms with E-state index in [2.05, 4.69) is 14.8 Å². The normalized spacial score (nSPS) is 23.3. The van der Waals surface area contributed by atoms with E-state index in [9.17, 15) is 13.2 Å². The topological polar surface area (TPSA) is 104 Å². The van der Waals surface area contributed by atoms with Gasteiger partial charge in [-0.15, -0.1) is 10.2 Å². The van der Waals surface area contributed by atoms with E-state index in [-0.39, 0.29) is 35.1 Å². The predicted molar refractivity (Wildman–Crippen MR) is 113 cm³/mol. The zero-order valence-electron chi connectivity index (χ0n) is 17.3. The van der Waals surface area contributed by atoms with Crippen LogP contribution in [0.5, 0.6) is 0 Å². The molecule has 0 saturated carbocycles. The lowest BCUT2D eigenvalue weighted by Crippen LogP contribution is -2.17. The molecule has 2 aromatic rings. The van der Waals surface area contributed by atoms with E-state index in [1.165, 1.54) is 11.8 Å². The van der Waals surface area contributed by atoms with Gasteiger partial charge < -0.3 is 13.7 Å². The Hall–Kier alpha value is -1.65. The molecule has 2 fully saturated rings. The summed E-state index contributed by atoms with van der Waals surface area (Å²) in [5.74, 6) is 1.11. The molecular formula is C20H27N3O5S2. The Morgan fingerprint density at radius 3 is 2.83 bits per heavy atom. The third-order valence-corrected chi connectivity index (χ3v) is 8.50. The highest BCUT2D eigenvalue weighted by atomic mass is 32.2. The van der Waals surface area contributed by atoms with Crippen molar-refractivity contribution in [3.63, 3.8) is 0 Å². The third kappa shape index (κ3) is 4.97. The van der Waals surface area contributed by atoms with Crippen molar-refractivity contribution in [3.8, 4) is 0 Å². The molecule has 0 aliphatic carbocycles. The Morgan fingerprint density at radius 2 is 2.13 bits per heavy atom. The summed E-state index contributed by atoms with van der Waals surface area (Å²) in [5, 5.41) is 8.35. The van der Waals surface area contributed by atoms with Gasteiger partial charge in [-0.2, -0.15) is 0 Å². The Labute approximate surface area is 180 Å². The van der Waals surface area contributed by atoms with Gasteiger partial charge in [0.15, 0.2) is 15.6 Å². The fraction of sp³-hybridized carbons (Fsp3) is 0.650. The highest BCUT2D eigenvalue weighted by Crippen LogP contribution is 2.26. The number of Topliss-reactive ketones (excluding diaryl/α,β-unsaturated/α-hetero) is 1. The van der Waals surface area contributed by atoms with E-state index in [1.54, 1.807) is 0 Å². The molecule has 10 heteroatoms. The van der Waals surface area contributed by atoms with Gasteiger partial charge in [-0.3, -0.25) is 4.79 Å². The molecule has 2 aliphatic heterocycles. The van der Waals surface area contributed by atoms with Crippen molar-refractivity contribution < 1.29 is 22.4 Å². The van der Waals surface area contributed by atoms with Crippen LogP contribution in [0.4, 0.5) is 0 Å². The molecule has 0 N–H and O–H groups in total. The van der Waals surface area contributed by atoms with Crippen LogP contribution < -0.4 is 0 Å². The molecule has 0 amide bonds. The Kier molecular flexibility index (Phi) is 6.36. The smallest absolute Gasteiger partial charge is 0.277 e. The van der Waals surface area contributed by atoms with Gasteiger partial charge in [0.25, 0.3) is 5.22 Å². The van der Waals surface area contributed by atoms with Gasteiger partial charge in [-0.1, -0.05) is 11.8 Å². The first-order chi connectivity index (χ1) is 14.3. The summed E-state index contributed by atoms with van der Waals surface area (Å²) >= 11 is 1.22. The number of carbonyl (C=O) groups is 1. The molecule has 0 bridgehead atoms. The molecule has 0 aromatic carbocycles. The number of hydrogen-bond acceptors (Lipinski definition) is 8. The minimum absolute atomic E-state index is 0.0216. The Balaban J connectivity index is 1.33. The molecule has 0 radical (unpaired) electrons. The first-order valence-corrected chi connectivity index (χ1v) is 13.1. The lowest BCUT2D eigenvalue weighted by Gasteiger charge is -2.14. The molecule has 0 unspecified atom stereocenters. The van der Waals surface area contributed by atoms with Crippen LogP contribution in [-0.2, 0) is 27.5 Å². The van der Waals surface area contributed by atoms with E-state index in [4.69, 9.17) is 9.15 Å². The average Bonchev–Trinajstić information content (AvgIpc) is 3.47. The van der Waals surface area contributed by atoms with Crippen LogP contribution in [0.25, 0.3) is 0 Å². The van der Waals surface area contributed by atoms with Crippen molar-refractivity contribution in [3.05, 3.63) is 28.9 Å². The summed E-state index contributed by atoms with van der Waals surface area (Å²) in [5.41, 5.74) is 2.74. The van der Waals surface area contributed by atoms with Crippen LogP contribution in [0.3, 0.4) is 0 Å². The van der Waals surface area contributed by atoms with Gasteiger partial charge >= 0.3 is 0 Å². The summed E-state index contributed by atoms with van der Waals surface area (Å²) < 4.78 is 36.7. The number of aromatic nitrogens is 3. The third-order valence-electron chi connectivity index (χ3n) is 5.85. The standard InChI is InChI=1S/C20H27N3O5S2/c1-13-8-17(14(2)23(13)10-16-4-3-6-27-16)18(24)11-29-20-22-21-19(28-20)9-15-5-7-30(25,26)12-15/h8,15-16H,3-7,9-12H2,1-2H3/t15-,16-/m0/s1. The number of carbonyl (C=O) groups excluding carboxylic acids is 1. The molecule has 2 aromatic heterocycles. The number of hydrogen-bond donors (Lipinski definition) is 0. The van der Waals surface area contributed by atoms with Crippen LogP contribution >= 0.6 is 11.8 Å². The van der Waals surface area contributed by atoms with E-state index < -0.39 is 9.84 Å². The number of ether oxygens (including phenoxy) is 1. The zero-order chi connectivity index (χ0) is 21.3. The summed E-state index contributed by atoms with van der Waals surface area (Å²) in [7, 11) is -2.92. The maximum Gasteiger partial charge on any atom is 0.277 e. The van der Waals surface area contributed by atoms with E-state index in [1.807, 2.05) is 19.9 Å². The van der Waals surface area contributed by atoms with E-state index >= 15 is 0 Å². The van der Waals surface area contributed by atoms with Crippen LogP contribution in [0.2, 0.25) is 0 Å². The van der Waals surface area contributed by atoms with E-state index in [0.29, 0.717) is 29.5 Å². The van der Waals surface area contributed by atoms with Crippen LogP contribution in [-0.4, -0.2) is 58.9 Å². The molecule has 2 atom stereocenters. The summed E-state index contributed by atoms with van der Waals surface area (Å²) in [6.45, 7) is 5.58. The summed E-state index contributed by atoms with van der Waals surface area (Å²) in [6, 6.07) is 1.94. The predicted octanol–water partition coefficient (Wildman–Crippen LogP) is 2.62. The van der Waals surface area contributed by atoms with Crippen molar-refractivity contribution in [1.82, 2.24) is 14.8 Å². The lowest BCUT2D eigenvalue weighted by molar-refractivity contribution is 0.0957. The Bertz CT molecular complexity index is 1020. The molecule has 164 valence electrons. The maximum absolute atomic E-state index is 12.8. The van der Waals surface area contributed by atoms with Crippen molar-refractivity contribution in [2.45, 2.75) is 57.4 Å². The molecule has 4 heterocycles. The molecule has 4 rings (SSSR count). The summed E-state index contributed by atoms with van der Waals surface area (Å²) in [6.07, 6.45) is 3.47. The molecule has 8 nitrogen and oxygen atoms in total. The quantitative estimate of drug-likeness (QED) is 0.444. The van der Waals surface area contributed by atoms with Crippen molar-refractivity contribution in [1.29, 1.82) is 0 Å². The minimum Gasteiger partial charge on any atom is -0.416 e. The van der Waals surface area contributed by atoms with Crippen LogP contribution in [0.15, 0.2) is 15.7 Å². The lowest BCUT2D eigenvalue weighted by atomic mass is 10.1. The molecule has 2 saturated heterocycles. The van der Waals surface area contributed by atoms with Crippen LogP contribution in [0, 0.1) is 19.8 Å².